The number of piperidine rings is 1. The Kier molecular flexibility index (Phi) is 4.01. The zero-order valence-corrected chi connectivity index (χ0v) is 11.4. The monoisotopic (exact) mass is 278 g/mol. The fourth-order valence-electron chi connectivity index (χ4n) is 2.82. The van der Waals surface area contributed by atoms with E-state index < -0.39 is 0 Å². The van der Waals surface area contributed by atoms with Crippen LogP contribution in [0.5, 0.6) is 0 Å². The third-order valence-corrected chi connectivity index (χ3v) is 3.66. The molecule has 1 unspecified atom stereocenters. The zero-order chi connectivity index (χ0) is 14.9. The lowest BCUT2D eigenvalue weighted by molar-refractivity contribution is -0.134. The molecule has 6 heteroatoms. The summed E-state index contributed by atoms with van der Waals surface area (Å²) in [5.74, 6) is -1.28. The number of amides is 2. The molecule has 0 aromatic rings. The van der Waals surface area contributed by atoms with Crippen molar-refractivity contribution in [2.75, 3.05) is 0 Å². The average molecular weight is 278 g/mol. The van der Waals surface area contributed by atoms with E-state index in [0.29, 0.717) is 12.8 Å². The maximum atomic E-state index is 11.9. The van der Waals surface area contributed by atoms with Crippen LogP contribution >= 0.6 is 0 Å². The number of allylic oxidation sites excluding steroid dienone is 2. The van der Waals surface area contributed by atoms with Gasteiger partial charge in [-0.05, 0) is 18.3 Å². The third kappa shape index (κ3) is 3.12. The lowest BCUT2D eigenvalue weighted by Crippen LogP contribution is -2.38. The summed E-state index contributed by atoms with van der Waals surface area (Å²) in [6.07, 6.45) is 1.19. The third-order valence-electron chi connectivity index (χ3n) is 3.66. The Morgan fingerprint density at radius 3 is 2.35 bits per heavy atom. The highest BCUT2D eigenvalue weighted by Gasteiger charge is 2.31. The molecule has 1 aliphatic heterocycles. The first-order valence-electron chi connectivity index (χ1n) is 6.72. The quantitative estimate of drug-likeness (QED) is 0.401. The summed E-state index contributed by atoms with van der Waals surface area (Å²) in [6, 6.07) is 0. The van der Waals surface area contributed by atoms with Crippen molar-refractivity contribution in [3.8, 4) is 0 Å². The fraction of sp³-hybridized carbons (Fsp3) is 0.571. The molecule has 0 aromatic heterocycles. The van der Waals surface area contributed by atoms with Gasteiger partial charge in [0.25, 0.3) is 0 Å². The standard InChI is InChI=1S/C14H18N2O4/c1-7-2-9(15)14(10(17)3-7)11(18)4-8-5-12(19)16-13(20)6-8/h7-8,15,18H,2-6H2,1H3,(H,16,19,20)/b14-11+,15-9?. The first-order valence-corrected chi connectivity index (χ1v) is 6.72. The Morgan fingerprint density at radius 1 is 1.20 bits per heavy atom. The van der Waals surface area contributed by atoms with Gasteiger partial charge in [0.15, 0.2) is 5.78 Å². The Morgan fingerprint density at radius 2 is 1.80 bits per heavy atom. The van der Waals surface area contributed by atoms with Crippen LogP contribution in [-0.2, 0) is 14.4 Å². The number of Topliss-reactive ketones (excluding diaryl/α,β-unsaturated/α-hetero) is 1. The van der Waals surface area contributed by atoms with Gasteiger partial charge in [0.05, 0.1) is 5.57 Å². The number of nitrogens with one attached hydrogen (secondary N) is 2. The van der Waals surface area contributed by atoms with Crippen molar-refractivity contribution in [1.82, 2.24) is 5.32 Å². The molecule has 3 N–H and O–H groups in total. The van der Waals surface area contributed by atoms with Crippen LogP contribution < -0.4 is 5.32 Å². The second kappa shape index (κ2) is 5.56. The smallest absolute Gasteiger partial charge is 0.226 e. The maximum Gasteiger partial charge on any atom is 0.226 e. The summed E-state index contributed by atoms with van der Waals surface area (Å²) < 4.78 is 0. The molecule has 0 spiro atoms. The van der Waals surface area contributed by atoms with Crippen LogP contribution in [0.25, 0.3) is 0 Å². The summed E-state index contributed by atoms with van der Waals surface area (Å²) >= 11 is 0. The second-order valence-electron chi connectivity index (χ2n) is 5.69. The van der Waals surface area contributed by atoms with E-state index in [1.807, 2.05) is 6.92 Å². The van der Waals surface area contributed by atoms with Crippen molar-refractivity contribution < 1.29 is 19.5 Å². The molecular weight excluding hydrogens is 260 g/mol. The molecule has 1 saturated heterocycles. The molecule has 2 fully saturated rings. The maximum absolute atomic E-state index is 11.9. The van der Waals surface area contributed by atoms with Crippen molar-refractivity contribution in [2.24, 2.45) is 11.8 Å². The van der Waals surface area contributed by atoms with Gasteiger partial charge in [-0.2, -0.15) is 0 Å². The molecule has 108 valence electrons. The number of imide groups is 1. The van der Waals surface area contributed by atoms with E-state index in [-0.39, 0.29) is 65.7 Å². The van der Waals surface area contributed by atoms with E-state index in [2.05, 4.69) is 5.32 Å². The molecule has 20 heavy (non-hydrogen) atoms. The van der Waals surface area contributed by atoms with E-state index in [4.69, 9.17) is 5.41 Å². The first kappa shape index (κ1) is 14.4. The van der Waals surface area contributed by atoms with Gasteiger partial charge in [-0.1, -0.05) is 6.92 Å². The summed E-state index contributed by atoms with van der Waals surface area (Å²) in [6.45, 7) is 1.89. The van der Waals surface area contributed by atoms with E-state index in [9.17, 15) is 19.5 Å². The predicted octanol–water partition coefficient (Wildman–Crippen LogP) is 1.26. The fourth-order valence-corrected chi connectivity index (χ4v) is 2.82. The number of hydrogen-bond donors (Lipinski definition) is 3. The van der Waals surface area contributed by atoms with Crippen LogP contribution in [0, 0.1) is 17.2 Å². The Labute approximate surface area is 116 Å². The Hall–Kier alpha value is -1.98. The topological polar surface area (TPSA) is 107 Å². The van der Waals surface area contributed by atoms with Crippen molar-refractivity contribution in [2.45, 2.75) is 39.0 Å². The van der Waals surface area contributed by atoms with E-state index in [1.54, 1.807) is 0 Å². The van der Waals surface area contributed by atoms with E-state index in [1.165, 1.54) is 0 Å². The number of carbonyl (C=O) groups is 3. The van der Waals surface area contributed by atoms with Crippen LogP contribution in [0.1, 0.15) is 39.0 Å². The Balaban J connectivity index is 2.13. The number of aliphatic hydroxyl groups excluding tert-OH is 1. The van der Waals surface area contributed by atoms with Gasteiger partial charge in [0, 0.05) is 31.4 Å². The number of carbonyl (C=O) groups excluding carboxylic acids is 3. The van der Waals surface area contributed by atoms with Gasteiger partial charge >= 0.3 is 0 Å². The minimum Gasteiger partial charge on any atom is -0.511 e. The van der Waals surface area contributed by atoms with Gasteiger partial charge in [0.2, 0.25) is 11.8 Å². The van der Waals surface area contributed by atoms with Gasteiger partial charge in [-0.3, -0.25) is 19.7 Å². The number of aliphatic hydroxyl groups is 1. The molecule has 0 bridgehead atoms. The molecule has 2 amide bonds. The molecule has 0 aromatic carbocycles. The second-order valence-corrected chi connectivity index (χ2v) is 5.69. The average Bonchev–Trinajstić information content (AvgIpc) is 2.25. The molecule has 6 nitrogen and oxygen atoms in total. The highest BCUT2D eigenvalue weighted by atomic mass is 16.3. The summed E-state index contributed by atoms with van der Waals surface area (Å²) in [7, 11) is 0. The van der Waals surface area contributed by atoms with Crippen LogP contribution in [0.3, 0.4) is 0 Å². The largest absolute Gasteiger partial charge is 0.511 e. The van der Waals surface area contributed by atoms with Crippen LogP contribution in [0.4, 0.5) is 0 Å². The minimum absolute atomic E-state index is 0.0848. The molecule has 0 radical (unpaired) electrons. The van der Waals surface area contributed by atoms with E-state index >= 15 is 0 Å². The Bertz CT molecular complexity index is 485. The molecule has 1 saturated carbocycles. The van der Waals surface area contributed by atoms with Crippen molar-refractivity contribution >= 4 is 23.3 Å². The number of hydrogen-bond acceptors (Lipinski definition) is 5. The van der Waals surface area contributed by atoms with Gasteiger partial charge in [-0.25, -0.2) is 0 Å². The molecule has 1 aliphatic carbocycles. The normalized spacial score (nSPS) is 27.6. The molecule has 2 rings (SSSR count). The van der Waals surface area contributed by atoms with Crippen molar-refractivity contribution in [3.63, 3.8) is 0 Å². The number of rotatable bonds is 2. The summed E-state index contributed by atoms with van der Waals surface area (Å²) in [5.41, 5.74) is 0.236. The highest BCUT2D eigenvalue weighted by Crippen LogP contribution is 2.28. The first-order chi connectivity index (χ1) is 9.36. The summed E-state index contributed by atoms with van der Waals surface area (Å²) in [4.78, 5) is 34.5. The van der Waals surface area contributed by atoms with Crippen LogP contribution in [-0.4, -0.2) is 28.4 Å². The van der Waals surface area contributed by atoms with Gasteiger partial charge in [-0.15, -0.1) is 0 Å². The minimum atomic E-state index is -0.359. The van der Waals surface area contributed by atoms with Crippen LogP contribution in [0.2, 0.25) is 0 Å². The molecular formula is C14H18N2O4. The van der Waals surface area contributed by atoms with Crippen LogP contribution in [0.15, 0.2) is 11.3 Å². The SMILES string of the molecule is CC1CC(=N)/C(=C(\O)CC2CC(=O)NC(=O)C2)C(=O)C1. The zero-order valence-electron chi connectivity index (χ0n) is 11.4. The lowest BCUT2D eigenvalue weighted by atomic mass is 9.82. The molecule has 1 heterocycles. The molecule has 1 atom stereocenters. The van der Waals surface area contributed by atoms with Gasteiger partial charge in [0.1, 0.15) is 5.76 Å². The van der Waals surface area contributed by atoms with Crippen molar-refractivity contribution in [1.29, 1.82) is 5.41 Å². The molecule has 2 aliphatic rings. The lowest BCUT2D eigenvalue weighted by Gasteiger charge is -2.24. The van der Waals surface area contributed by atoms with Crippen molar-refractivity contribution in [3.05, 3.63) is 11.3 Å². The highest BCUT2D eigenvalue weighted by molar-refractivity contribution is 6.23. The number of ketones is 1. The van der Waals surface area contributed by atoms with E-state index in [0.717, 1.165) is 0 Å². The predicted molar refractivity (Wildman–Crippen MR) is 71.3 cm³/mol. The summed E-state index contributed by atoms with van der Waals surface area (Å²) in [5, 5.41) is 20.2. The van der Waals surface area contributed by atoms with Gasteiger partial charge < -0.3 is 10.5 Å².